The quantitative estimate of drug-likeness (QED) is 0.861. The summed E-state index contributed by atoms with van der Waals surface area (Å²) in [6, 6.07) is 1.93. The summed E-state index contributed by atoms with van der Waals surface area (Å²) in [7, 11) is 0. The van der Waals surface area contributed by atoms with Crippen molar-refractivity contribution in [3.63, 3.8) is 0 Å². The van der Waals surface area contributed by atoms with Crippen molar-refractivity contribution < 1.29 is 4.74 Å². The number of ether oxygens (including phenoxy) is 1. The first-order valence-electron chi connectivity index (χ1n) is 3.90. The third kappa shape index (κ3) is 3.14. The number of nitrogens with two attached hydrogens (primary N) is 1. The van der Waals surface area contributed by atoms with Crippen LogP contribution in [0.2, 0.25) is 5.15 Å². The standard InChI is InChI=1S/C8H10ClN3OS/c1-8(2,11)4-13-7-12-6(9)5(3-10)14-7/h4,11H2,1-2H3. The van der Waals surface area contributed by atoms with Gasteiger partial charge in [-0.15, -0.1) is 0 Å². The average Bonchev–Trinajstić information content (AvgIpc) is 2.42. The van der Waals surface area contributed by atoms with Gasteiger partial charge in [0.15, 0.2) is 5.15 Å². The molecular formula is C8H10ClN3OS. The van der Waals surface area contributed by atoms with Gasteiger partial charge in [-0.25, -0.2) is 0 Å². The van der Waals surface area contributed by atoms with E-state index >= 15 is 0 Å². The Morgan fingerprint density at radius 2 is 2.36 bits per heavy atom. The van der Waals surface area contributed by atoms with E-state index < -0.39 is 5.54 Å². The summed E-state index contributed by atoms with van der Waals surface area (Å²) in [5, 5.41) is 9.18. The van der Waals surface area contributed by atoms with E-state index in [0.717, 1.165) is 11.3 Å². The monoisotopic (exact) mass is 231 g/mol. The van der Waals surface area contributed by atoms with Gasteiger partial charge < -0.3 is 10.5 Å². The molecule has 0 spiro atoms. The van der Waals surface area contributed by atoms with E-state index in [-0.39, 0.29) is 5.15 Å². The number of hydrogen-bond donors (Lipinski definition) is 1. The van der Waals surface area contributed by atoms with Crippen molar-refractivity contribution in [2.45, 2.75) is 19.4 Å². The Morgan fingerprint density at radius 3 is 2.79 bits per heavy atom. The molecule has 1 aromatic heterocycles. The summed E-state index contributed by atoms with van der Waals surface area (Å²) in [6.07, 6.45) is 0. The third-order valence-electron chi connectivity index (χ3n) is 1.24. The van der Waals surface area contributed by atoms with E-state index in [2.05, 4.69) is 4.98 Å². The zero-order valence-electron chi connectivity index (χ0n) is 7.87. The first-order chi connectivity index (χ1) is 6.42. The lowest BCUT2D eigenvalue weighted by Crippen LogP contribution is -2.38. The van der Waals surface area contributed by atoms with Crippen molar-refractivity contribution in [3.05, 3.63) is 10.0 Å². The van der Waals surface area contributed by atoms with E-state index in [1.165, 1.54) is 0 Å². The van der Waals surface area contributed by atoms with Crippen molar-refractivity contribution in [2.24, 2.45) is 5.73 Å². The molecule has 0 aromatic carbocycles. The molecule has 1 aromatic rings. The second-order valence-electron chi connectivity index (χ2n) is 3.49. The van der Waals surface area contributed by atoms with Gasteiger partial charge in [-0.3, -0.25) is 0 Å². The Bertz CT molecular complexity index is 364. The first-order valence-corrected chi connectivity index (χ1v) is 5.10. The Labute approximate surface area is 91.3 Å². The predicted molar refractivity (Wildman–Crippen MR) is 55.6 cm³/mol. The minimum atomic E-state index is -0.426. The van der Waals surface area contributed by atoms with Crippen LogP contribution >= 0.6 is 22.9 Å². The van der Waals surface area contributed by atoms with E-state index in [0.29, 0.717) is 16.7 Å². The van der Waals surface area contributed by atoms with Gasteiger partial charge in [0.1, 0.15) is 17.6 Å². The van der Waals surface area contributed by atoms with Crippen LogP contribution < -0.4 is 10.5 Å². The molecule has 0 unspecified atom stereocenters. The van der Waals surface area contributed by atoms with E-state index in [1.54, 1.807) is 0 Å². The Balaban J connectivity index is 2.66. The van der Waals surface area contributed by atoms with Crippen LogP contribution in [0.4, 0.5) is 0 Å². The molecule has 0 saturated heterocycles. The minimum Gasteiger partial charge on any atom is -0.468 e. The van der Waals surface area contributed by atoms with Gasteiger partial charge in [0.2, 0.25) is 0 Å². The van der Waals surface area contributed by atoms with E-state index in [4.69, 9.17) is 27.3 Å². The molecule has 0 radical (unpaired) electrons. The Kier molecular flexibility index (Phi) is 3.32. The lowest BCUT2D eigenvalue weighted by Gasteiger charge is -2.17. The number of nitriles is 1. The number of aromatic nitrogens is 1. The molecule has 1 rings (SSSR count). The molecule has 0 bridgehead atoms. The van der Waals surface area contributed by atoms with Gasteiger partial charge in [0.25, 0.3) is 5.19 Å². The molecule has 2 N–H and O–H groups in total. The number of hydrogen-bond acceptors (Lipinski definition) is 5. The second-order valence-corrected chi connectivity index (χ2v) is 4.81. The van der Waals surface area contributed by atoms with Gasteiger partial charge in [0, 0.05) is 5.54 Å². The number of thiazole rings is 1. The van der Waals surface area contributed by atoms with E-state index in [9.17, 15) is 0 Å². The van der Waals surface area contributed by atoms with Crippen LogP contribution in [0.25, 0.3) is 0 Å². The van der Waals surface area contributed by atoms with Gasteiger partial charge in [-0.05, 0) is 13.8 Å². The van der Waals surface area contributed by atoms with Gasteiger partial charge in [0.05, 0.1) is 0 Å². The summed E-state index contributed by atoms with van der Waals surface area (Å²) in [5.74, 6) is 0. The van der Waals surface area contributed by atoms with Crippen LogP contribution in [-0.2, 0) is 0 Å². The van der Waals surface area contributed by atoms with Gasteiger partial charge >= 0.3 is 0 Å². The molecule has 0 fully saturated rings. The van der Waals surface area contributed by atoms with Crippen LogP contribution in [0.3, 0.4) is 0 Å². The largest absolute Gasteiger partial charge is 0.468 e. The maximum Gasteiger partial charge on any atom is 0.276 e. The molecule has 0 amide bonds. The van der Waals surface area contributed by atoms with Crippen molar-refractivity contribution in [3.8, 4) is 11.3 Å². The normalized spacial score (nSPS) is 11.1. The summed E-state index contributed by atoms with van der Waals surface area (Å²) >= 11 is 6.78. The molecule has 0 aliphatic heterocycles. The maximum atomic E-state index is 8.62. The zero-order valence-corrected chi connectivity index (χ0v) is 9.45. The lowest BCUT2D eigenvalue weighted by molar-refractivity contribution is 0.242. The predicted octanol–water partition coefficient (Wildman–Crippen LogP) is 1.78. The SMILES string of the molecule is CC(C)(N)COc1nc(Cl)c(C#N)s1. The second kappa shape index (κ2) is 4.13. The van der Waals surface area contributed by atoms with Crippen molar-refractivity contribution in [1.82, 2.24) is 4.98 Å². The molecule has 76 valence electrons. The number of rotatable bonds is 3. The highest BCUT2D eigenvalue weighted by atomic mass is 35.5. The molecule has 4 nitrogen and oxygen atoms in total. The highest BCUT2D eigenvalue weighted by molar-refractivity contribution is 7.14. The summed E-state index contributed by atoms with van der Waals surface area (Å²) < 4.78 is 5.28. The fraction of sp³-hybridized carbons (Fsp3) is 0.500. The van der Waals surface area contributed by atoms with Crippen molar-refractivity contribution in [2.75, 3.05) is 6.61 Å². The molecule has 0 aliphatic carbocycles. The fourth-order valence-corrected chi connectivity index (χ4v) is 1.55. The third-order valence-corrected chi connectivity index (χ3v) is 2.49. The fourth-order valence-electron chi connectivity index (χ4n) is 0.662. The smallest absolute Gasteiger partial charge is 0.276 e. The van der Waals surface area contributed by atoms with Crippen molar-refractivity contribution >= 4 is 22.9 Å². The number of nitrogens with zero attached hydrogens (tertiary/aromatic N) is 2. The van der Waals surface area contributed by atoms with Gasteiger partial charge in [-0.1, -0.05) is 22.9 Å². The molecule has 0 aliphatic rings. The maximum absolute atomic E-state index is 8.62. The minimum absolute atomic E-state index is 0.183. The molecule has 0 saturated carbocycles. The topological polar surface area (TPSA) is 71.9 Å². The highest BCUT2D eigenvalue weighted by Crippen LogP contribution is 2.27. The molecule has 6 heteroatoms. The summed E-state index contributed by atoms with van der Waals surface area (Å²) in [6.45, 7) is 4.02. The molecular weight excluding hydrogens is 222 g/mol. The van der Waals surface area contributed by atoms with Crippen LogP contribution in [0.5, 0.6) is 5.19 Å². The van der Waals surface area contributed by atoms with Crippen molar-refractivity contribution in [1.29, 1.82) is 5.26 Å². The van der Waals surface area contributed by atoms with Crippen LogP contribution in [0, 0.1) is 11.3 Å². The Morgan fingerprint density at radius 1 is 1.71 bits per heavy atom. The highest BCUT2D eigenvalue weighted by Gasteiger charge is 2.15. The van der Waals surface area contributed by atoms with Crippen LogP contribution in [0.1, 0.15) is 18.7 Å². The average molecular weight is 232 g/mol. The lowest BCUT2D eigenvalue weighted by atomic mass is 10.1. The molecule has 1 heterocycles. The summed E-state index contributed by atoms with van der Waals surface area (Å²) in [4.78, 5) is 4.23. The van der Waals surface area contributed by atoms with Gasteiger partial charge in [-0.2, -0.15) is 10.2 Å². The molecule has 14 heavy (non-hydrogen) atoms. The number of halogens is 1. The first kappa shape index (κ1) is 11.2. The molecule has 0 atom stereocenters. The summed E-state index contributed by atoms with van der Waals surface area (Å²) in [5.41, 5.74) is 5.29. The van der Waals surface area contributed by atoms with Crippen LogP contribution in [-0.4, -0.2) is 17.1 Å². The zero-order chi connectivity index (χ0) is 10.8. The van der Waals surface area contributed by atoms with Crippen LogP contribution in [0.15, 0.2) is 0 Å². The van der Waals surface area contributed by atoms with E-state index in [1.807, 2.05) is 19.9 Å². The Hall–Kier alpha value is -0.830.